The van der Waals surface area contributed by atoms with Gasteiger partial charge in [0.1, 0.15) is 0 Å². The maximum absolute atomic E-state index is 10.2. The third-order valence-corrected chi connectivity index (χ3v) is 8.32. The molecule has 0 aromatic carbocycles. The Morgan fingerprint density at radius 2 is 0.842 bits per heavy atom. The van der Waals surface area contributed by atoms with E-state index in [1.54, 1.807) is 5.57 Å². The van der Waals surface area contributed by atoms with Crippen LogP contribution in [0, 0.1) is 0 Å². The van der Waals surface area contributed by atoms with Gasteiger partial charge >= 0.3 is 0 Å². The first kappa shape index (κ1) is 37.7. The topological polar surface area (TPSA) is 40.5 Å². The van der Waals surface area contributed by atoms with Gasteiger partial charge in [0, 0.05) is 6.61 Å². The van der Waals surface area contributed by atoms with E-state index in [-0.39, 0.29) is 6.10 Å². The van der Waals surface area contributed by atoms with Crippen molar-refractivity contribution in [3.63, 3.8) is 0 Å². The molecule has 1 unspecified atom stereocenters. The van der Waals surface area contributed by atoms with Crippen LogP contribution in [0.25, 0.3) is 0 Å². The van der Waals surface area contributed by atoms with Crippen LogP contribution >= 0.6 is 0 Å². The van der Waals surface area contributed by atoms with Crippen molar-refractivity contribution in [2.24, 2.45) is 0 Å². The van der Waals surface area contributed by atoms with Crippen molar-refractivity contribution < 1.29 is 10.2 Å². The SMILES string of the molecule is CCCCCCCCC(=CCCCCCCCCO)CCCCCCCCCC(O)CCCCCCCC. The summed E-state index contributed by atoms with van der Waals surface area (Å²) in [6.07, 6.45) is 41.7. The van der Waals surface area contributed by atoms with Crippen LogP contribution in [-0.4, -0.2) is 22.9 Å². The summed E-state index contributed by atoms with van der Waals surface area (Å²) in [5.74, 6) is 0. The zero-order chi connectivity index (χ0) is 27.8. The molecule has 0 heterocycles. The lowest BCUT2D eigenvalue weighted by Crippen LogP contribution is -2.05. The lowest BCUT2D eigenvalue weighted by atomic mass is 9.97. The van der Waals surface area contributed by atoms with E-state index in [4.69, 9.17) is 5.11 Å². The average Bonchev–Trinajstić information content (AvgIpc) is 2.92. The van der Waals surface area contributed by atoms with Crippen molar-refractivity contribution in [1.29, 1.82) is 0 Å². The Labute approximate surface area is 240 Å². The molecule has 0 aromatic heterocycles. The van der Waals surface area contributed by atoms with E-state index in [0.717, 1.165) is 19.3 Å². The molecule has 0 aliphatic heterocycles. The van der Waals surface area contributed by atoms with Gasteiger partial charge in [0.15, 0.2) is 0 Å². The second-order valence-electron chi connectivity index (χ2n) is 12.2. The maximum atomic E-state index is 10.2. The first-order valence-corrected chi connectivity index (χ1v) is 17.7. The number of aliphatic hydroxyl groups is 2. The molecule has 38 heavy (non-hydrogen) atoms. The van der Waals surface area contributed by atoms with Crippen LogP contribution in [0.2, 0.25) is 0 Å². The smallest absolute Gasteiger partial charge is 0.0540 e. The van der Waals surface area contributed by atoms with Gasteiger partial charge in [-0.05, 0) is 57.8 Å². The zero-order valence-electron chi connectivity index (χ0n) is 26.5. The fourth-order valence-corrected chi connectivity index (χ4v) is 5.65. The van der Waals surface area contributed by atoms with Crippen LogP contribution in [0.5, 0.6) is 0 Å². The van der Waals surface area contributed by atoms with Crippen molar-refractivity contribution in [2.45, 2.75) is 213 Å². The number of rotatable bonds is 32. The Balaban J connectivity index is 3.85. The van der Waals surface area contributed by atoms with E-state index >= 15 is 0 Å². The van der Waals surface area contributed by atoms with Gasteiger partial charge < -0.3 is 10.2 Å². The van der Waals surface area contributed by atoms with Crippen molar-refractivity contribution in [2.75, 3.05) is 6.61 Å². The summed E-state index contributed by atoms with van der Waals surface area (Å²) in [5, 5.41) is 19.1. The van der Waals surface area contributed by atoms with E-state index in [0.29, 0.717) is 6.61 Å². The molecule has 0 aliphatic carbocycles. The minimum atomic E-state index is -0.0516. The Kier molecular flexibility index (Phi) is 32.6. The molecule has 2 nitrogen and oxygen atoms in total. The molecule has 0 rings (SSSR count). The molecular weight excluding hydrogens is 464 g/mol. The van der Waals surface area contributed by atoms with E-state index < -0.39 is 0 Å². The molecule has 0 bridgehead atoms. The van der Waals surface area contributed by atoms with E-state index in [9.17, 15) is 5.11 Å². The highest BCUT2D eigenvalue weighted by molar-refractivity contribution is 5.02. The second kappa shape index (κ2) is 32.9. The summed E-state index contributed by atoms with van der Waals surface area (Å²) in [4.78, 5) is 0. The minimum Gasteiger partial charge on any atom is -0.396 e. The first-order chi connectivity index (χ1) is 18.7. The lowest BCUT2D eigenvalue weighted by molar-refractivity contribution is 0.147. The first-order valence-electron chi connectivity index (χ1n) is 17.7. The maximum Gasteiger partial charge on any atom is 0.0540 e. The Morgan fingerprint density at radius 1 is 0.474 bits per heavy atom. The lowest BCUT2D eigenvalue weighted by Gasteiger charge is -2.10. The molecule has 0 aromatic rings. The van der Waals surface area contributed by atoms with Crippen molar-refractivity contribution in [1.82, 2.24) is 0 Å². The molecule has 0 aliphatic rings. The summed E-state index contributed by atoms with van der Waals surface area (Å²) >= 11 is 0. The van der Waals surface area contributed by atoms with Crippen LogP contribution in [0.15, 0.2) is 11.6 Å². The third-order valence-electron chi connectivity index (χ3n) is 8.32. The highest BCUT2D eigenvalue weighted by Gasteiger charge is 2.04. The van der Waals surface area contributed by atoms with Gasteiger partial charge in [-0.2, -0.15) is 0 Å². The van der Waals surface area contributed by atoms with Crippen LogP contribution in [0.3, 0.4) is 0 Å². The number of aliphatic hydroxyl groups excluding tert-OH is 2. The molecule has 0 saturated heterocycles. The van der Waals surface area contributed by atoms with Gasteiger partial charge in [-0.3, -0.25) is 0 Å². The van der Waals surface area contributed by atoms with E-state index in [1.807, 2.05) is 0 Å². The van der Waals surface area contributed by atoms with Crippen LogP contribution in [0.1, 0.15) is 206 Å². The normalized spacial score (nSPS) is 12.9. The minimum absolute atomic E-state index is 0.0516. The van der Waals surface area contributed by atoms with Gasteiger partial charge in [0.2, 0.25) is 0 Å². The number of allylic oxidation sites excluding steroid dienone is 2. The average molecular weight is 537 g/mol. The third kappa shape index (κ3) is 30.2. The number of hydrogen-bond donors (Lipinski definition) is 2. The molecular formula is C36H72O2. The fourth-order valence-electron chi connectivity index (χ4n) is 5.65. The van der Waals surface area contributed by atoms with Gasteiger partial charge in [-0.1, -0.05) is 160 Å². The van der Waals surface area contributed by atoms with Crippen molar-refractivity contribution >= 4 is 0 Å². The number of unbranched alkanes of at least 4 members (excludes halogenated alkanes) is 22. The van der Waals surface area contributed by atoms with Crippen molar-refractivity contribution in [3.05, 3.63) is 11.6 Å². The van der Waals surface area contributed by atoms with Gasteiger partial charge in [0.25, 0.3) is 0 Å². The predicted octanol–water partition coefficient (Wildman–Crippen LogP) is 12.0. The molecule has 0 saturated carbocycles. The van der Waals surface area contributed by atoms with E-state index in [2.05, 4.69) is 19.9 Å². The quantitative estimate of drug-likeness (QED) is 0.0663. The monoisotopic (exact) mass is 537 g/mol. The molecule has 228 valence electrons. The van der Waals surface area contributed by atoms with Crippen LogP contribution in [0.4, 0.5) is 0 Å². The highest BCUT2D eigenvalue weighted by Crippen LogP contribution is 2.21. The molecule has 2 N–H and O–H groups in total. The molecule has 0 spiro atoms. The predicted molar refractivity (Wildman–Crippen MR) is 171 cm³/mol. The molecule has 2 heteroatoms. The highest BCUT2D eigenvalue weighted by atomic mass is 16.3. The summed E-state index contributed by atoms with van der Waals surface area (Å²) < 4.78 is 0. The van der Waals surface area contributed by atoms with Crippen LogP contribution < -0.4 is 0 Å². The summed E-state index contributed by atoms with van der Waals surface area (Å²) in [6, 6.07) is 0. The van der Waals surface area contributed by atoms with Gasteiger partial charge in [-0.15, -0.1) is 0 Å². The molecule has 0 fully saturated rings. The van der Waals surface area contributed by atoms with Gasteiger partial charge in [0.05, 0.1) is 6.10 Å². The zero-order valence-corrected chi connectivity index (χ0v) is 26.5. The summed E-state index contributed by atoms with van der Waals surface area (Å²) in [7, 11) is 0. The fraction of sp³-hybridized carbons (Fsp3) is 0.944. The second-order valence-corrected chi connectivity index (χ2v) is 12.2. The summed E-state index contributed by atoms with van der Waals surface area (Å²) in [5.41, 5.74) is 1.75. The Bertz CT molecular complexity index is 458. The number of hydrogen-bond acceptors (Lipinski definition) is 2. The van der Waals surface area contributed by atoms with E-state index in [1.165, 1.54) is 173 Å². The summed E-state index contributed by atoms with van der Waals surface area (Å²) in [6.45, 7) is 4.92. The van der Waals surface area contributed by atoms with Gasteiger partial charge in [-0.25, -0.2) is 0 Å². The van der Waals surface area contributed by atoms with Crippen molar-refractivity contribution in [3.8, 4) is 0 Å². The van der Waals surface area contributed by atoms with Crippen LogP contribution in [-0.2, 0) is 0 Å². The largest absolute Gasteiger partial charge is 0.396 e. The standard InChI is InChI=1S/C36H72O2/c1-3-5-7-9-17-23-29-35(31-25-19-14-12-16-22-28-34-37)30-24-18-13-11-15-21-27-33-36(38)32-26-20-10-8-6-4-2/h31,36-38H,3-30,32-34H2,1-2H3. The Hall–Kier alpha value is -0.340. The molecule has 0 radical (unpaired) electrons. The molecule has 1 atom stereocenters. The molecule has 0 amide bonds. The Morgan fingerprint density at radius 3 is 1.29 bits per heavy atom.